The molecule has 0 saturated carbocycles. The minimum atomic E-state index is -0.683. The minimum Gasteiger partial charge on any atom is -0.489 e. The highest BCUT2D eigenvalue weighted by molar-refractivity contribution is 5.30. The van der Waals surface area contributed by atoms with Crippen LogP contribution in [0.4, 0.5) is 13.2 Å². The Morgan fingerprint density at radius 3 is 2.40 bits per heavy atom. The molecule has 0 atom stereocenters. The van der Waals surface area contributed by atoms with E-state index in [1.807, 2.05) is 0 Å². The summed E-state index contributed by atoms with van der Waals surface area (Å²) < 4.78 is 45.5. The van der Waals surface area contributed by atoms with Gasteiger partial charge in [0, 0.05) is 12.6 Å². The van der Waals surface area contributed by atoms with E-state index >= 15 is 0 Å². The number of rotatable bonds is 5. The monoisotopic (exact) mass is 281 g/mol. The SMILES string of the molecule is CNCc1cc(F)cc(OCc2c(F)cccc2F)c1. The van der Waals surface area contributed by atoms with Crippen molar-refractivity contribution < 1.29 is 17.9 Å². The lowest BCUT2D eigenvalue weighted by Gasteiger charge is -2.10. The molecule has 0 fully saturated rings. The third kappa shape index (κ3) is 3.51. The fourth-order valence-electron chi connectivity index (χ4n) is 1.84. The zero-order valence-corrected chi connectivity index (χ0v) is 10.9. The second kappa shape index (κ2) is 6.43. The second-order valence-corrected chi connectivity index (χ2v) is 4.31. The van der Waals surface area contributed by atoms with Gasteiger partial charge in [-0.15, -0.1) is 0 Å². The van der Waals surface area contributed by atoms with Crippen LogP contribution in [0.3, 0.4) is 0 Å². The summed E-state index contributed by atoms with van der Waals surface area (Å²) in [7, 11) is 1.74. The maximum absolute atomic E-state index is 13.4. The van der Waals surface area contributed by atoms with Gasteiger partial charge < -0.3 is 10.1 Å². The number of ether oxygens (including phenoxy) is 1. The van der Waals surface area contributed by atoms with E-state index in [9.17, 15) is 13.2 Å². The molecule has 0 radical (unpaired) electrons. The molecule has 0 aliphatic heterocycles. The standard InChI is InChI=1S/C15H14F3NO/c1-19-8-10-5-11(16)7-12(6-10)20-9-13-14(17)3-2-4-15(13)18/h2-7,19H,8-9H2,1H3. The third-order valence-electron chi connectivity index (χ3n) is 2.76. The van der Waals surface area contributed by atoms with Crippen LogP contribution >= 0.6 is 0 Å². The average Bonchev–Trinajstić information content (AvgIpc) is 2.38. The van der Waals surface area contributed by atoms with Crippen molar-refractivity contribution in [3.05, 3.63) is 65.0 Å². The van der Waals surface area contributed by atoms with Crippen molar-refractivity contribution in [2.45, 2.75) is 13.2 Å². The summed E-state index contributed by atoms with van der Waals surface area (Å²) in [6, 6.07) is 7.75. The molecule has 2 rings (SSSR count). The zero-order valence-electron chi connectivity index (χ0n) is 10.9. The van der Waals surface area contributed by atoms with Gasteiger partial charge in [0.2, 0.25) is 0 Å². The number of halogens is 3. The summed E-state index contributed by atoms with van der Waals surface area (Å²) in [5, 5.41) is 2.89. The first-order valence-electron chi connectivity index (χ1n) is 6.10. The van der Waals surface area contributed by atoms with Gasteiger partial charge in [-0.2, -0.15) is 0 Å². The molecular formula is C15H14F3NO. The Hall–Kier alpha value is -2.01. The van der Waals surface area contributed by atoms with Gasteiger partial charge in [0.25, 0.3) is 0 Å². The van der Waals surface area contributed by atoms with Crippen LogP contribution in [0.2, 0.25) is 0 Å². The van der Waals surface area contributed by atoms with Gasteiger partial charge in [-0.05, 0) is 36.9 Å². The van der Waals surface area contributed by atoms with E-state index in [1.165, 1.54) is 18.2 Å². The molecule has 0 spiro atoms. The summed E-state index contributed by atoms with van der Waals surface area (Å²) in [6.45, 7) is 0.184. The molecule has 0 heterocycles. The van der Waals surface area contributed by atoms with Crippen LogP contribution < -0.4 is 10.1 Å². The van der Waals surface area contributed by atoms with Crippen molar-refractivity contribution >= 4 is 0 Å². The lowest BCUT2D eigenvalue weighted by atomic mass is 10.2. The van der Waals surface area contributed by atoms with Crippen LogP contribution in [0.5, 0.6) is 5.75 Å². The number of hydrogen-bond donors (Lipinski definition) is 1. The summed E-state index contributed by atoms with van der Waals surface area (Å²) in [6.07, 6.45) is 0. The lowest BCUT2D eigenvalue weighted by molar-refractivity contribution is 0.291. The number of nitrogens with one attached hydrogen (secondary N) is 1. The van der Waals surface area contributed by atoms with Crippen molar-refractivity contribution in [3.63, 3.8) is 0 Å². The average molecular weight is 281 g/mol. The molecule has 2 aromatic carbocycles. The Morgan fingerprint density at radius 1 is 1.05 bits per heavy atom. The van der Waals surface area contributed by atoms with E-state index in [-0.39, 0.29) is 17.9 Å². The number of benzene rings is 2. The van der Waals surface area contributed by atoms with E-state index in [4.69, 9.17) is 4.74 Å². The maximum Gasteiger partial charge on any atom is 0.132 e. The molecule has 0 unspecified atom stereocenters. The highest BCUT2D eigenvalue weighted by Crippen LogP contribution is 2.20. The Labute approximate surface area is 115 Å². The second-order valence-electron chi connectivity index (χ2n) is 4.31. The smallest absolute Gasteiger partial charge is 0.132 e. The Balaban J connectivity index is 2.14. The van der Waals surface area contributed by atoms with Crippen molar-refractivity contribution in [2.24, 2.45) is 0 Å². The van der Waals surface area contributed by atoms with Crippen LogP contribution in [-0.4, -0.2) is 7.05 Å². The highest BCUT2D eigenvalue weighted by Gasteiger charge is 2.09. The molecular weight excluding hydrogens is 267 g/mol. The van der Waals surface area contributed by atoms with Gasteiger partial charge >= 0.3 is 0 Å². The zero-order chi connectivity index (χ0) is 14.5. The van der Waals surface area contributed by atoms with Crippen molar-refractivity contribution in [3.8, 4) is 5.75 Å². The first-order valence-corrected chi connectivity index (χ1v) is 6.10. The first-order chi connectivity index (χ1) is 9.60. The molecule has 2 aromatic rings. The van der Waals surface area contributed by atoms with Gasteiger partial charge in [-0.25, -0.2) is 13.2 Å². The minimum absolute atomic E-state index is 0.174. The van der Waals surface area contributed by atoms with Crippen LogP contribution in [0.1, 0.15) is 11.1 Å². The molecule has 2 nitrogen and oxygen atoms in total. The fourth-order valence-corrected chi connectivity index (χ4v) is 1.84. The first kappa shape index (κ1) is 14.4. The van der Waals surface area contributed by atoms with E-state index in [1.54, 1.807) is 13.1 Å². The van der Waals surface area contributed by atoms with Crippen LogP contribution in [-0.2, 0) is 13.2 Å². The maximum atomic E-state index is 13.4. The molecule has 5 heteroatoms. The van der Waals surface area contributed by atoms with Crippen molar-refractivity contribution in [1.29, 1.82) is 0 Å². The molecule has 0 amide bonds. The Kier molecular flexibility index (Phi) is 4.63. The van der Waals surface area contributed by atoms with Crippen LogP contribution in [0.15, 0.2) is 36.4 Å². The normalized spacial score (nSPS) is 10.6. The largest absolute Gasteiger partial charge is 0.489 e. The molecule has 0 saturated heterocycles. The fraction of sp³-hybridized carbons (Fsp3) is 0.200. The predicted molar refractivity (Wildman–Crippen MR) is 69.9 cm³/mol. The molecule has 0 aliphatic carbocycles. The molecule has 20 heavy (non-hydrogen) atoms. The molecule has 0 aromatic heterocycles. The molecule has 1 N–H and O–H groups in total. The molecule has 106 valence electrons. The number of hydrogen-bond acceptors (Lipinski definition) is 2. The van der Waals surface area contributed by atoms with Crippen molar-refractivity contribution in [2.75, 3.05) is 7.05 Å². The van der Waals surface area contributed by atoms with Gasteiger partial charge in [-0.1, -0.05) is 6.07 Å². The highest BCUT2D eigenvalue weighted by atomic mass is 19.1. The Morgan fingerprint density at radius 2 is 1.75 bits per heavy atom. The van der Waals surface area contributed by atoms with Gasteiger partial charge in [-0.3, -0.25) is 0 Å². The van der Waals surface area contributed by atoms with E-state index in [0.717, 1.165) is 12.1 Å². The van der Waals surface area contributed by atoms with Gasteiger partial charge in [0.05, 0.1) is 5.56 Å². The van der Waals surface area contributed by atoms with E-state index < -0.39 is 17.5 Å². The molecule has 0 bridgehead atoms. The molecule has 0 aliphatic rings. The lowest BCUT2D eigenvalue weighted by Crippen LogP contribution is -2.06. The third-order valence-corrected chi connectivity index (χ3v) is 2.76. The van der Waals surface area contributed by atoms with Gasteiger partial charge in [0.15, 0.2) is 0 Å². The van der Waals surface area contributed by atoms with Crippen molar-refractivity contribution in [1.82, 2.24) is 5.32 Å². The summed E-state index contributed by atoms with van der Waals surface area (Å²) in [4.78, 5) is 0. The van der Waals surface area contributed by atoms with E-state index in [0.29, 0.717) is 12.1 Å². The summed E-state index contributed by atoms with van der Waals surface area (Å²) in [5.74, 6) is -1.59. The predicted octanol–water partition coefficient (Wildman–Crippen LogP) is 3.40. The summed E-state index contributed by atoms with van der Waals surface area (Å²) >= 11 is 0. The van der Waals surface area contributed by atoms with E-state index in [2.05, 4.69) is 5.32 Å². The van der Waals surface area contributed by atoms with Crippen LogP contribution in [0.25, 0.3) is 0 Å². The van der Waals surface area contributed by atoms with Gasteiger partial charge in [0.1, 0.15) is 29.8 Å². The summed E-state index contributed by atoms with van der Waals surface area (Å²) in [5.41, 5.74) is 0.517. The topological polar surface area (TPSA) is 21.3 Å². The van der Waals surface area contributed by atoms with Crippen LogP contribution in [0, 0.1) is 17.5 Å². The Bertz CT molecular complexity index is 581. The quantitative estimate of drug-likeness (QED) is 0.907.